The Morgan fingerprint density at radius 2 is 1.85 bits per heavy atom. The molecule has 2 aliphatic rings. The van der Waals surface area contributed by atoms with Crippen molar-refractivity contribution in [3.63, 3.8) is 0 Å². The fraction of sp³-hybridized carbons (Fsp3) is 0.375. The van der Waals surface area contributed by atoms with Crippen molar-refractivity contribution in [3.8, 4) is 11.4 Å². The van der Waals surface area contributed by atoms with Gasteiger partial charge in [-0.2, -0.15) is 4.98 Å². The van der Waals surface area contributed by atoms with Crippen molar-refractivity contribution < 1.29 is 18.8 Å². The Morgan fingerprint density at radius 1 is 1.03 bits per heavy atom. The zero-order chi connectivity index (χ0) is 22.6. The van der Waals surface area contributed by atoms with Gasteiger partial charge in [-0.15, -0.1) is 0 Å². The molecule has 0 radical (unpaired) electrons. The molecule has 2 amide bonds. The molecular weight excluding hydrogens is 422 g/mol. The molecule has 1 saturated heterocycles. The number of aromatic nitrogens is 3. The summed E-state index contributed by atoms with van der Waals surface area (Å²) in [5, 5.41) is 7.22. The summed E-state index contributed by atoms with van der Waals surface area (Å²) in [5.41, 5.74) is 1.32. The highest BCUT2D eigenvalue weighted by Gasteiger charge is 2.43. The van der Waals surface area contributed by atoms with Gasteiger partial charge in [-0.1, -0.05) is 35.5 Å². The van der Waals surface area contributed by atoms with Crippen LogP contribution in [0.1, 0.15) is 35.0 Å². The molecule has 0 spiro atoms. The van der Waals surface area contributed by atoms with E-state index >= 15 is 0 Å². The van der Waals surface area contributed by atoms with E-state index in [1.54, 1.807) is 18.3 Å². The SMILES string of the molecule is O=C(N[C@H]1C[C@H](C(=O)N2CCOCC2)C[C@H]1c1nc(-c2ccccc2)no1)c1cccnc1. The number of amides is 2. The molecule has 0 bridgehead atoms. The average molecular weight is 447 g/mol. The zero-order valence-corrected chi connectivity index (χ0v) is 18.1. The lowest BCUT2D eigenvalue weighted by Crippen LogP contribution is -2.43. The molecule has 9 nitrogen and oxygen atoms in total. The molecule has 9 heteroatoms. The second kappa shape index (κ2) is 9.50. The number of nitrogens with one attached hydrogen (secondary N) is 1. The third-order valence-corrected chi connectivity index (χ3v) is 6.27. The van der Waals surface area contributed by atoms with E-state index in [-0.39, 0.29) is 29.7 Å². The molecule has 5 rings (SSSR count). The number of ether oxygens (including phenoxy) is 1. The Bertz CT molecular complexity index is 1100. The molecular formula is C24H25N5O4. The summed E-state index contributed by atoms with van der Waals surface area (Å²) in [5.74, 6) is 0.281. The number of rotatable bonds is 5. The molecule has 33 heavy (non-hydrogen) atoms. The van der Waals surface area contributed by atoms with E-state index in [2.05, 4.69) is 20.4 Å². The Kier molecular flexibility index (Phi) is 6.12. The predicted molar refractivity (Wildman–Crippen MR) is 118 cm³/mol. The largest absolute Gasteiger partial charge is 0.378 e. The first kappa shape index (κ1) is 21.3. The first-order valence-corrected chi connectivity index (χ1v) is 11.2. The van der Waals surface area contributed by atoms with Gasteiger partial charge in [0.05, 0.1) is 24.7 Å². The van der Waals surface area contributed by atoms with Crippen molar-refractivity contribution in [1.29, 1.82) is 0 Å². The maximum absolute atomic E-state index is 13.2. The van der Waals surface area contributed by atoms with Crippen LogP contribution in [0.15, 0.2) is 59.4 Å². The van der Waals surface area contributed by atoms with E-state index in [0.717, 1.165) is 5.56 Å². The van der Waals surface area contributed by atoms with Crippen LogP contribution in [0.4, 0.5) is 0 Å². The molecule has 0 unspecified atom stereocenters. The normalized spacial score (nSPS) is 22.8. The number of hydrogen-bond acceptors (Lipinski definition) is 7. The van der Waals surface area contributed by atoms with Gasteiger partial charge >= 0.3 is 0 Å². The minimum atomic E-state index is -0.309. The minimum absolute atomic E-state index is 0.0872. The zero-order valence-electron chi connectivity index (χ0n) is 18.1. The number of carbonyl (C=O) groups is 2. The highest BCUT2D eigenvalue weighted by molar-refractivity contribution is 5.94. The highest BCUT2D eigenvalue weighted by Crippen LogP contribution is 2.39. The highest BCUT2D eigenvalue weighted by atomic mass is 16.5. The van der Waals surface area contributed by atoms with E-state index in [0.29, 0.717) is 56.4 Å². The number of benzene rings is 1. The Labute approximate surface area is 191 Å². The fourth-order valence-electron chi connectivity index (χ4n) is 4.55. The quantitative estimate of drug-likeness (QED) is 0.639. The van der Waals surface area contributed by atoms with Gasteiger partial charge in [-0.25, -0.2) is 0 Å². The number of carbonyl (C=O) groups excluding carboxylic acids is 2. The Balaban J connectivity index is 1.38. The van der Waals surface area contributed by atoms with E-state index in [1.165, 1.54) is 6.20 Å². The molecule has 1 aliphatic carbocycles. The molecule has 3 aromatic rings. The summed E-state index contributed by atoms with van der Waals surface area (Å²) in [7, 11) is 0. The van der Waals surface area contributed by atoms with Gasteiger partial charge in [-0.05, 0) is 25.0 Å². The maximum atomic E-state index is 13.2. The number of morpholine rings is 1. The van der Waals surface area contributed by atoms with Crippen LogP contribution >= 0.6 is 0 Å². The molecule has 3 heterocycles. The molecule has 170 valence electrons. The van der Waals surface area contributed by atoms with E-state index in [9.17, 15) is 9.59 Å². The molecule has 1 N–H and O–H groups in total. The minimum Gasteiger partial charge on any atom is -0.378 e. The predicted octanol–water partition coefficient (Wildman–Crippen LogP) is 2.28. The van der Waals surface area contributed by atoms with E-state index in [4.69, 9.17) is 9.26 Å². The second-order valence-corrected chi connectivity index (χ2v) is 8.36. The maximum Gasteiger partial charge on any atom is 0.253 e. The molecule has 1 aliphatic heterocycles. The van der Waals surface area contributed by atoms with Crippen LogP contribution in [0.25, 0.3) is 11.4 Å². The second-order valence-electron chi connectivity index (χ2n) is 8.36. The Morgan fingerprint density at radius 3 is 2.61 bits per heavy atom. The van der Waals surface area contributed by atoms with Crippen molar-refractivity contribution in [2.45, 2.75) is 24.8 Å². The van der Waals surface area contributed by atoms with Crippen molar-refractivity contribution >= 4 is 11.8 Å². The molecule has 2 fully saturated rings. The van der Waals surface area contributed by atoms with Crippen molar-refractivity contribution in [2.75, 3.05) is 26.3 Å². The van der Waals surface area contributed by atoms with Crippen LogP contribution in [0, 0.1) is 5.92 Å². The summed E-state index contributed by atoms with van der Waals surface area (Å²) in [6.07, 6.45) is 4.19. The summed E-state index contributed by atoms with van der Waals surface area (Å²) in [4.78, 5) is 36.5. The van der Waals surface area contributed by atoms with Crippen LogP contribution in [-0.4, -0.2) is 64.2 Å². The van der Waals surface area contributed by atoms with Crippen molar-refractivity contribution in [3.05, 3.63) is 66.3 Å². The smallest absolute Gasteiger partial charge is 0.253 e. The first-order valence-electron chi connectivity index (χ1n) is 11.2. The number of hydrogen-bond donors (Lipinski definition) is 1. The molecule has 3 atom stereocenters. The fourth-order valence-corrected chi connectivity index (χ4v) is 4.55. The van der Waals surface area contributed by atoms with Crippen LogP contribution < -0.4 is 5.32 Å². The average Bonchev–Trinajstić information content (AvgIpc) is 3.53. The molecule has 1 aromatic carbocycles. The van der Waals surface area contributed by atoms with E-state index in [1.807, 2.05) is 35.2 Å². The molecule has 1 saturated carbocycles. The van der Waals surface area contributed by atoms with Crippen LogP contribution in [0.2, 0.25) is 0 Å². The standard InChI is InChI=1S/C24H25N5O4/c30-22(17-7-4-8-25-15-17)26-20-14-18(24(31)29-9-11-32-12-10-29)13-19(20)23-27-21(28-33-23)16-5-2-1-3-6-16/h1-8,15,18-20H,9-14H2,(H,26,30)/t18-,19-,20+/m1/s1. The third kappa shape index (κ3) is 4.63. The van der Waals surface area contributed by atoms with E-state index < -0.39 is 0 Å². The van der Waals surface area contributed by atoms with Gasteiger partial charge in [-0.3, -0.25) is 14.6 Å². The van der Waals surface area contributed by atoms with Gasteiger partial charge in [0.1, 0.15) is 0 Å². The summed E-state index contributed by atoms with van der Waals surface area (Å²) in [6, 6.07) is 12.7. The summed E-state index contributed by atoms with van der Waals surface area (Å²) < 4.78 is 11.0. The van der Waals surface area contributed by atoms with Gasteiger partial charge in [0.15, 0.2) is 0 Å². The number of nitrogens with zero attached hydrogens (tertiary/aromatic N) is 4. The van der Waals surface area contributed by atoms with Crippen LogP contribution in [-0.2, 0) is 9.53 Å². The lowest BCUT2D eigenvalue weighted by Gasteiger charge is -2.29. The topological polar surface area (TPSA) is 110 Å². The van der Waals surface area contributed by atoms with Gasteiger partial charge in [0, 0.05) is 43.0 Å². The lowest BCUT2D eigenvalue weighted by molar-refractivity contribution is -0.139. The van der Waals surface area contributed by atoms with Gasteiger partial charge < -0.3 is 19.5 Å². The lowest BCUT2D eigenvalue weighted by atomic mass is 10.0. The van der Waals surface area contributed by atoms with Gasteiger partial charge in [0.25, 0.3) is 5.91 Å². The van der Waals surface area contributed by atoms with Gasteiger partial charge in [0.2, 0.25) is 17.6 Å². The first-order chi connectivity index (χ1) is 16.2. The van der Waals surface area contributed by atoms with Crippen molar-refractivity contribution in [2.24, 2.45) is 5.92 Å². The monoisotopic (exact) mass is 447 g/mol. The summed E-state index contributed by atoms with van der Waals surface area (Å²) >= 11 is 0. The number of pyridine rings is 1. The molecule has 2 aromatic heterocycles. The van der Waals surface area contributed by atoms with Crippen LogP contribution in [0.3, 0.4) is 0 Å². The third-order valence-electron chi connectivity index (χ3n) is 6.27. The van der Waals surface area contributed by atoms with Crippen molar-refractivity contribution in [1.82, 2.24) is 25.3 Å². The Hall–Kier alpha value is -3.59. The summed E-state index contributed by atoms with van der Waals surface area (Å²) in [6.45, 7) is 2.27. The van der Waals surface area contributed by atoms with Crippen LogP contribution in [0.5, 0.6) is 0 Å².